The smallest absolute Gasteiger partial charge is 0.242 e. The lowest BCUT2D eigenvalue weighted by Gasteiger charge is -2.40. The van der Waals surface area contributed by atoms with Gasteiger partial charge in [-0.15, -0.1) is 0 Å². The molecule has 0 unspecified atom stereocenters. The number of carbonyl (C=O) groups is 1. The van der Waals surface area contributed by atoms with Crippen LogP contribution in [0.2, 0.25) is 0 Å². The number of hydrogen-bond acceptors (Lipinski definition) is 3. The molecule has 2 fully saturated rings. The fourth-order valence-electron chi connectivity index (χ4n) is 4.23. The van der Waals surface area contributed by atoms with Gasteiger partial charge in [-0.05, 0) is 49.7 Å². The van der Waals surface area contributed by atoms with E-state index in [0.717, 1.165) is 63.8 Å². The van der Waals surface area contributed by atoms with Crippen molar-refractivity contribution in [3.05, 3.63) is 29.8 Å². The number of hydrogen-bond donors (Lipinski definition) is 1. The monoisotopic (exact) mass is 330 g/mol. The number of amides is 1. The summed E-state index contributed by atoms with van der Waals surface area (Å²) in [4.78, 5) is 14.8. The first kappa shape index (κ1) is 17.3. The minimum absolute atomic E-state index is 0.193. The van der Waals surface area contributed by atoms with E-state index in [0.29, 0.717) is 5.92 Å². The Morgan fingerprint density at radius 3 is 2.54 bits per heavy atom. The van der Waals surface area contributed by atoms with Gasteiger partial charge in [0.05, 0.1) is 12.6 Å². The molecular formula is C20H30N2O2. The summed E-state index contributed by atoms with van der Waals surface area (Å²) in [6.45, 7) is 1.69. The molecule has 2 N–H and O–H groups in total. The van der Waals surface area contributed by atoms with E-state index in [4.69, 9.17) is 10.5 Å². The summed E-state index contributed by atoms with van der Waals surface area (Å²) in [5, 5.41) is 0. The van der Waals surface area contributed by atoms with Crippen molar-refractivity contribution in [3.63, 3.8) is 0 Å². The Kier molecular flexibility index (Phi) is 5.44. The van der Waals surface area contributed by atoms with Crippen molar-refractivity contribution in [2.45, 2.75) is 56.9 Å². The van der Waals surface area contributed by atoms with Crippen LogP contribution in [0.4, 0.5) is 0 Å². The van der Waals surface area contributed by atoms with Crippen molar-refractivity contribution < 1.29 is 9.53 Å². The summed E-state index contributed by atoms with van der Waals surface area (Å²) < 4.78 is 5.46. The lowest BCUT2D eigenvalue weighted by atomic mass is 9.80. The van der Waals surface area contributed by atoms with Crippen LogP contribution in [0.1, 0.15) is 50.5 Å². The molecule has 0 radical (unpaired) electrons. The largest absolute Gasteiger partial charge is 0.496 e. The lowest BCUT2D eigenvalue weighted by molar-refractivity contribution is -0.139. The summed E-state index contributed by atoms with van der Waals surface area (Å²) in [5.74, 6) is 1.78. The maximum atomic E-state index is 12.8. The molecule has 0 bridgehead atoms. The van der Waals surface area contributed by atoms with E-state index < -0.39 is 5.54 Å². The number of benzene rings is 1. The van der Waals surface area contributed by atoms with E-state index in [2.05, 4.69) is 12.1 Å². The number of methoxy groups -OCH3 is 1. The van der Waals surface area contributed by atoms with Crippen molar-refractivity contribution in [3.8, 4) is 5.75 Å². The molecule has 0 aromatic heterocycles. The fraction of sp³-hybridized carbons (Fsp3) is 0.650. The molecule has 3 rings (SSSR count). The van der Waals surface area contributed by atoms with Crippen LogP contribution in [0.3, 0.4) is 0 Å². The molecule has 4 nitrogen and oxygen atoms in total. The summed E-state index contributed by atoms with van der Waals surface area (Å²) in [7, 11) is 1.73. The average Bonchev–Trinajstić information content (AvgIpc) is 2.63. The van der Waals surface area contributed by atoms with Crippen LogP contribution >= 0.6 is 0 Å². The minimum Gasteiger partial charge on any atom is -0.496 e. The number of rotatable bonds is 4. The van der Waals surface area contributed by atoms with Crippen molar-refractivity contribution in [2.75, 3.05) is 20.2 Å². The van der Waals surface area contributed by atoms with Gasteiger partial charge in [-0.25, -0.2) is 0 Å². The SMILES string of the molecule is COc1ccccc1CC1CCN(C(=O)C2(N)CCCCC2)CC1. The molecule has 2 aliphatic rings. The van der Waals surface area contributed by atoms with Gasteiger partial charge < -0.3 is 15.4 Å². The number of ether oxygens (including phenoxy) is 1. The van der Waals surface area contributed by atoms with Crippen LogP contribution in [0, 0.1) is 5.92 Å². The second-order valence-corrected chi connectivity index (χ2v) is 7.47. The topological polar surface area (TPSA) is 55.6 Å². The van der Waals surface area contributed by atoms with Crippen molar-refractivity contribution >= 4 is 5.91 Å². The molecule has 4 heteroatoms. The molecule has 0 atom stereocenters. The maximum Gasteiger partial charge on any atom is 0.242 e. The van der Waals surface area contributed by atoms with Gasteiger partial charge in [0.2, 0.25) is 5.91 Å². The summed E-state index contributed by atoms with van der Waals surface area (Å²) in [5.41, 5.74) is 7.10. The number of nitrogens with two attached hydrogens (primary N) is 1. The molecule has 1 saturated carbocycles. The standard InChI is InChI=1S/C20H30N2O2/c1-24-18-8-4-3-7-17(18)15-16-9-13-22(14-10-16)19(23)20(21)11-5-2-6-12-20/h3-4,7-8,16H,2,5-6,9-15,21H2,1H3. The van der Waals surface area contributed by atoms with E-state index in [1.165, 1.54) is 12.0 Å². The zero-order valence-corrected chi connectivity index (χ0v) is 14.8. The van der Waals surface area contributed by atoms with Crippen LogP contribution in [0.25, 0.3) is 0 Å². The Balaban J connectivity index is 1.55. The number of carbonyl (C=O) groups excluding carboxylic acids is 1. The van der Waals surface area contributed by atoms with Crippen LogP contribution < -0.4 is 10.5 Å². The third-order valence-electron chi connectivity index (χ3n) is 5.77. The first-order valence-corrected chi connectivity index (χ1v) is 9.32. The zero-order chi connectivity index (χ0) is 17.0. The highest BCUT2D eigenvalue weighted by molar-refractivity contribution is 5.86. The molecule has 132 valence electrons. The van der Waals surface area contributed by atoms with Gasteiger partial charge in [0.25, 0.3) is 0 Å². The van der Waals surface area contributed by atoms with Crippen molar-refractivity contribution in [1.82, 2.24) is 4.90 Å². The van der Waals surface area contributed by atoms with E-state index in [1.807, 2.05) is 17.0 Å². The zero-order valence-electron chi connectivity index (χ0n) is 14.8. The molecule has 1 heterocycles. The highest BCUT2D eigenvalue weighted by Gasteiger charge is 2.39. The van der Waals surface area contributed by atoms with Crippen molar-refractivity contribution in [1.29, 1.82) is 0 Å². The fourth-order valence-corrected chi connectivity index (χ4v) is 4.23. The second kappa shape index (κ2) is 7.56. The first-order valence-electron chi connectivity index (χ1n) is 9.32. The third-order valence-corrected chi connectivity index (χ3v) is 5.77. The molecule has 1 amide bonds. The molecule has 1 aliphatic heterocycles. The Morgan fingerprint density at radius 2 is 1.88 bits per heavy atom. The van der Waals surface area contributed by atoms with Crippen LogP contribution in [0.5, 0.6) is 5.75 Å². The Morgan fingerprint density at radius 1 is 1.21 bits per heavy atom. The molecule has 0 spiro atoms. The Labute approximate surface area is 145 Å². The summed E-state index contributed by atoms with van der Waals surface area (Å²) >= 11 is 0. The second-order valence-electron chi connectivity index (χ2n) is 7.47. The highest BCUT2D eigenvalue weighted by Crippen LogP contribution is 2.31. The normalized spacial score (nSPS) is 21.5. The minimum atomic E-state index is -0.590. The van der Waals surface area contributed by atoms with Crippen LogP contribution in [0.15, 0.2) is 24.3 Å². The quantitative estimate of drug-likeness (QED) is 0.923. The van der Waals surface area contributed by atoms with Gasteiger partial charge in [-0.1, -0.05) is 37.5 Å². The Hall–Kier alpha value is -1.55. The molecule has 1 aliphatic carbocycles. The van der Waals surface area contributed by atoms with Gasteiger partial charge in [0.1, 0.15) is 5.75 Å². The maximum absolute atomic E-state index is 12.8. The average molecular weight is 330 g/mol. The van der Waals surface area contributed by atoms with E-state index in [9.17, 15) is 4.79 Å². The van der Waals surface area contributed by atoms with Gasteiger partial charge >= 0.3 is 0 Å². The van der Waals surface area contributed by atoms with Crippen molar-refractivity contribution in [2.24, 2.45) is 11.7 Å². The molecule has 24 heavy (non-hydrogen) atoms. The molecule has 1 aromatic rings. The number of likely N-dealkylation sites (tertiary alicyclic amines) is 1. The van der Waals surface area contributed by atoms with E-state index in [1.54, 1.807) is 7.11 Å². The summed E-state index contributed by atoms with van der Waals surface area (Å²) in [6.07, 6.45) is 8.24. The van der Waals surface area contributed by atoms with E-state index >= 15 is 0 Å². The van der Waals surface area contributed by atoms with Crippen LogP contribution in [-0.2, 0) is 11.2 Å². The number of para-hydroxylation sites is 1. The molecule has 1 aromatic carbocycles. The van der Waals surface area contributed by atoms with Gasteiger partial charge in [0, 0.05) is 13.1 Å². The predicted octanol–water partition coefficient (Wildman–Crippen LogP) is 3.14. The molecular weight excluding hydrogens is 300 g/mol. The predicted molar refractivity (Wildman–Crippen MR) is 96.0 cm³/mol. The van der Waals surface area contributed by atoms with E-state index in [-0.39, 0.29) is 5.91 Å². The van der Waals surface area contributed by atoms with Gasteiger partial charge in [0.15, 0.2) is 0 Å². The Bertz CT molecular complexity index is 559. The lowest BCUT2D eigenvalue weighted by Crippen LogP contribution is -2.57. The highest BCUT2D eigenvalue weighted by atomic mass is 16.5. The van der Waals surface area contributed by atoms with Gasteiger partial charge in [-0.3, -0.25) is 4.79 Å². The molecule has 1 saturated heterocycles. The first-order chi connectivity index (χ1) is 11.6. The van der Waals surface area contributed by atoms with Crippen LogP contribution in [-0.4, -0.2) is 36.5 Å². The number of piperidine rings is 1. The third kappa shape index (κ3) is 3.75. The number of nitrogens with zero attached hydrogens (tertiary/aromatic N) is 1. The summed E-state index contributed by atoms with van der Waals surface area (Å²) in [6, 6.07) is 8.24. The van der Waals surface area contributed by atoms with Gasteiger partial charge in [-0.2, -0.15) is 0 Å².